The molecule has 2 amide bonds. The van der Waals surface area contributed by atoms with Gasteiger partial charge in [0, 0.05) is 18.7 Å². The minimum absolute atomic E-state index is 0.108. The van der Waals surface area contributed by atoms with Gasteiger partial charge in [-0.1, -0.05) is 36.4 Å². The fourth-order valence-electron chi connectivity index (χ4n) is 4.35. The summed E-state index contributed by atoms with van der Waals surface area (Å²) in [5.74, 6) is -1.82. The molecule has 1 N–H and O–H groups in total. The zero-order valence-corrected chi connectivity index (χ0v) is 19.2. The van der Waals surface area contributed by atoms with E-state index in [-0.39, 0.29) is 23.3 Å². The number of carbonyl (C=O) groups excluding carboxylic acids is 2. The van der Waals surface area contributed by atoms with Crippen molar-refractivity contribution in [3.05, 3.63) is 101 Å². The van der Waals surface area contributed by atoms with Crippen LogP contribution >= 0.6 is 0 Å². The maximum absolute atomic E-state index is 14.1. The monoisotopic (exact) mass is 463 g/mol. The van der Waals surface area contributed by atoms with Crippen LogP contribution in [0.2, 0.25) is 0 Å². The van der Waals surface area contributed by atoms with Gasteiger partial charge in [-0.2, -0.15) is 0 Å². The van der Waals surface area contributed by atoms with Crippen LogP contribution in [0.4, 0.5) is 8.78 Å². The molecule has 176 valence electrons. The molecule has 34 heavy (non-hydrogen) atoms. The first-order chi connectivity index (χ1) is 16.3. The van der Waals surface area contributed by atoms with Crippen molar-refractivity contribution in [3.8, 4) is 0 Å². The van der Waals surface area contributed by atoms with E-state index in [0.717, 1.165) is 18.5 Å². The number of carbonyl (C=O) groups is 2. The largest absolute Gasteiger partial charge is 0.338 e. The molecular weight excluding hydrogens is 436 g/mol. The number of amides is 2. The van der Waals surface area contributed by atoms with E-state index >= 15 is 0 Å². The molecule has 5 nitrogen and oxygen atoms in total. The van der Waals surface area contributed by atoms with Crippen molar-refractivity contribution in [1.82, 2.24) is 15.2 Å². The van der Waals surface area contributed by atoms with Crippen molar-refractivity contribution >= 4 is 11.8 Å². The number of aromatic nitrogens is 1. The molecule has 7 heteroatoms. The third-order valence-electron chi connectivity index (χ3n) is 6.09. The summed E-state index contributed by atoms with van der Waals surface area (Å²) in [4.78, 5) is 32.5. The summed E-state index contributed by atoms with van der Waals surface area (Å²) in [6.45, 7) is 3.76. The molecular formula is C27H27F2N3O2. The molecule has 3 aromatic rings. The molecule has 1 aromatic heterocycles. The van der Waals surface area contributed by atoms with E-state index in [1.807, 2.05) is 18.2 Å². The lowest BCUT2D eigenvalue weighted by Crippen LogP contribution is -2.55. The number of pyridine rings is 1. The van der Waals surface area contributed by atoms with Gasteiger partial charge in [-0.05, 0) is 62.6 Å². The Labute approximate surface area is 197 Å². The molecule has 1 aliphatic rings. The van der Waals surface area contributed by atoms with Crippen LogP contribution in [0.15, 0.2) is 66.7 Å². The van der Waals surface area contributed by atoms with Crippen LogP contribution in [0.1, 0.15) is 60.0 Å². The summed E-state index contributed by atoms with van der Waals surface area (Å²) in [5.41, 5.74) is 0.657. The standard InChI is InChI=1S/C27H27F2N3O2/c1-27(2,31-25(33)20-11-4-6-13-22(20)29)26(34)32-16-8-15-24(32)23-14-7-10-19(30-23)17-18-9-3-5-12-21(18)28/h3-7,9-14,24H,8,15-17H2,1-2H3,(H,31,33)/t24-/m1/s1. The molecule has 0 aliphatic carbocycles. The van der Waals surface area contributed by atoms with Gasteiger partial charge in [0.05, 0.1) is 17.3 Å². The smallest absolute Gasteiger partial charge is 0.255 e. The molecule has 0 radical (unpaired) electrons. The van der Waals surface area contributed by atoms with Crippen LogP contribution in [0.25, 0.3) is 0 Å². The Morgan fingerprint density at radius 3 is 2.44 bits per heavy atom. The number of hydrogen-bond donors (Lipinski definition) is 1. The van der Waals surface area contributed by atoms with Gasteiger partial charge in [0.1, 0.15) is 17.2 Å². The fourth-order valence-corrected chi connectivity index (χ4v) is 4.35. The Hall–Kier alpha value is -3.61. The van der Waals surface area contributed by atoms with Crippen molar-refractivity contribution in [2.75, 3.05) is 6.54 Å². The van der Waals surface area contributed by atoms with E-state index in [2.05, 4.69) is 5.32 Å². The maximum atomic E-state index is 14.1. The summed E-state index contributed by atoms with van der Waals surface area (Å²) in [5, 5.41) is 2.68. The lowest BCUT2D eigenvalue weighted by atomic mass is 10.0. The number of nitrogens with zero attached hydrogens (tertiary/aromatic N) is 2. The van der Waals surface area contributed by atoms with Crippen LogP contribution in [0, 0.1) is 11.6 Å². The first kappa shape index (κ1) is 23.5. The predicted octanol–water partition coefficient (Wildman–Crippen LogP) is 4.82. The van der Waals surface area contributed by atoms with E-state index in [1.165, 1.54) is 24.3 Å². The van der Waals surface area contributed by atoms with E-state index in [0.29, 0.717) is 24.2 Å². The van der Waals surface area contributed by atoms with Crippen molar-refractivity contribution < 1.29 is 18.4 Å². The van der Waals surface area contributed by atoms with E-state index in [1.54, 1.807) is 43.0 Å². The van der Waals surface area contributed by atoms with Gasteiger partial charge in [0.2, 0.25) is 5.91 Å². The molecule has 0 unspecified atom stereocenters. The van der Waals surface area contributed by atoms with Gasteiger partial charge in [0.25, 0.3) is 5.91 Å². The average molecular weight is 464 g/mol. The van der Waals surface area contributed by atoms with Crippen molar-refractivity contribution in [3.63, 3.8) is 0 Å². The van der Waals surface area contributed by atoms with Gasteiger partial charge in [-0.25, -0.2) is 8.78 Å². The van der Waals surface area contributed by atoms with Crippen molar-refractivity contribution in [2.24, 2.45) is 0 Å². The topological polar surface area (TPSA) is 62.3 Å². The van der Waals surface area contributed by atoms with Gasteiger partial charge < -0.3 is 10.2 Å². The highest BCUT2D eigenvalue weighted by atomic mass is 19.1. The van der Waals surface area contributed by atoms with Crippen LogP contribution in [-0.2, 0) is 11.2 Å². The van der Waals surface area contributed by atoms with Crippen LogP contribution in [0.3, 0.4) is 0 Å². The number of benzene rings is 2. The Balaban J connectivity index is 1.51. The van der Waals surface area contributed by atoms with E-state index < -0.39 is 17.3 Å². The average Bonchev–Trinajstić information content (AvgIpc) is 3.30. The number of nitrogens with one attached hydrogen (secondary N) is 1. The SMILES string of the molecule is CC(C)(NC(=O)c1ccccc1F)C(=O)N1CCC[C@@H]1c1cccc(Cc2ccccc2F)n1. The first-order valence-electron chi connectivity index (χ1n) is 11.3. The molecule has 1 atom stereocenters. The highest BCUT2D eigenvalue weighted by molar-refractivity contribution is 5.99. The molecule has 0 bridgehead atoms. The van der Waals surface area contributed by atoms with Crippen LogP contribution < -0.4 is 5.32 Å². The van der Waals surface area contributed by atoms with Crippen LogP contribution in [0.5, 0.6) is 0 Å². The Bertz CT molecular complexity index is 1210. The second-order valence-electron chi connectivity index (χ2n) is 9.04. The van der Waals surface area contributed by atoms with E-state index in [4.69, 9.17) is 4.98 Å². The lowest BCUT2D eigenvalue weighted by Gasteiger charge is -2.33. The minimum Gasteiger partial charge on any atom is -0.338 e. The Kier molecular flexibility index (Phi) is 6.72. The van der Waals surface area contributed by atoms with Gasteiger partial charge in [-0.3, -0.25) is 14.6 Å². The van der Waals surface area contributed by atoms with E-state index in [9.17, 15) is 18.4 Å². The molecule has 0 saturated carbocycles. The van der Waals surface area contributed by atoms with Gasteiger partial charge >= 0.3 is 0 Å². The molecule has 4 rings (SSSR count). The second-order valence-corrected chi connectivity index (χ2v) is 9.04. The fraction of sp³-hybridized carbons (Fsp3) is 0.296. The third kappa shape index (κ3) is 4.98. The molecule has 1 fully saturated rings. The zero-order valence-electron chi connectivity index (χ0n) is 19.2. The molecule has 2 aromatic carbocycles. The first-order valence-corrected chi connectivity index (χ1v) is 11.3. The minimum atomic E-state index is -1.24. The highest BCUT2D eigenvalue weighted by Gasteiger charge is 2.40. The van der Waals surface area contributed by atoms with Crippen LogP contribution in [-0.4, -0.2) is 33.8 Å². The third-order valence-corrected chi connectivity index (χ3v) is 6.09. The molecule has 1 saturated heterocycles. The molecule has 1 aliphatic heterocycles. The highest BCUT2D eigenvalue weighted by Crippen LogP contribution is 2.33. The van der Waals surface area contributed by atoms with Crippen molar-refractivity contribution in [2.45, 2.75) is 44.7 Å². The Morgan fingerprint density at radius 1 is 1.00 bits per heavy atom. The lowest BCUT2D eigenvalue weighted by molar-refractivity contribution is -0.137. The van der Waals surface area contributed by atoms with Gasteiger partial charge in [-0.15, -0.1) is 0 Å². The maximum Gasteiger partial charge on any atom is 0.255 e. The second kappa shape index (κ2) is 9.71. The summed E-state index contributed by atoms with van der Waals surface area (Å²) >= 11 is 0. The number of rotatable bonds is 6. The normalized spacial score (nSPS) is 15.9. The molecule has 0 spiro atoms. The molecule has 2 heterocycles. The predicted molar refractivity (Wildman–Crippen MR) is 125 cm³/mol. The quantitative estimate of drug-likeness (QED) is 0.570. The summed E-state index contributed by atoms with van der Waals surface area (Å²) in [6, 6.07) is 17.6. The number of likely N-dealkylation sites (tertiary alicyclic amines) is 1. The Morgan fingerprint density at radius 2 is 1.71 bits per heavy atom. The number of hydrogen-bond acceptors (Lipinski definition) is 3. The summed E-state index contributed by atoms with van der Waals surface area (Å²) in [7, 11) is 0. The van der Waals surface area contributed by atoms with Gasteiger partial charge in [0.15, 0.2) is 0 Å². The summed E-state index contributed by atoms with van der Waals surface area (Å²) < 4.78 is 28.1. The summed E-state index contributed by atoms with van der Waals surface area (Å²) in [6.07, 6.45) is 1.89. The van der Waals surface area contributed by atoms with Crippen molar-refractivity contribution in [1.29, 1.82) is 0 Å². The zero-order chi connectivity index (χ0) is 24.3. The number of halogens is 2.